The molecule has 0 amide bonds. The highest BCUT2D eigenvalue weighted by Crippen LogP contribution is 2.51. The van der Waals surface area contributed by atoms with Gasteiger partial charge in [-0.05, 0) is 74.0 Å². The highest BCUT2D eigenvalue weighted by molar-refractivity contribution is 6.10. The van der Waals surface area contributed by atoms with Gasteiger partial charge in [0.2, 0.25) is 0 Å². The van der Waals surface area contributed by atoms with Crippen molar-refractivity contribution in [2.45, 2.75) is 117 Å². The number of hydrogen-bond acceptors (Lipinski definition) is 8. The highest BCUT2D eigenvalue weighted by atomic mass is 16.6. The summed E-state index contributed by atoms with van der Waals surface area (Å²) in [5.74, 6) is 3.21. The van der Waals surface area contributed by atoms with E-state index < -0.39 is 17.5 Å². The number of nitrogens with zero attached hydrogens (tertiary/aromatic N) is 2. The van der Waals surface area contributed by atoms with Crippen LogP contribution in [0.5, 0.6) is 0 Å². The van der Waals surface area contributed by atoms with E-state index in [4.69, 9.17) is 18.9 Å². The van der Waals surface area contributed by atoms with Crippen molar-refractivity contribution >= 4 is 23.7 Å². The average Bonchev–Trinajstić information content (AvgIpc) is 3.28. The first kappa shape index (κ1) is 28.4. The van der Waals surface area contributed by atoms with Crippen molar-refractivity contribution in [3.8, 4) is 0 Å². The lowest BCUT2D eigenvalue weighted by Gasteiger charge is -2.36. The highest BCUT2D eigenvalue weighted by Gasteiger charge is 2.59. The topological polar surface area (TPSA) is 95.8 Å². The molecule has 0 aromatic heterocycles. The number of esters is 2. The number of aliphatic imine (C=N–C) groups is 2. The molecule has 218 valence electrons. The third-order valence-corrected chi connectivity index (χ3v) is 9.87. The molecule has 2 heterocycles. The van der Waals surface area contributed by atoms with Gasteiger partial charge >= 0.3 is 11.9 Å². The van der Waals surface area contributed by atoms with Gasteiger partial charge in [-0.2, -0.15) is 0 Å². The fraction of sp³-hybridized carbons (Fsp3) is 0.871. The van der Waals surface area contributed by atoms with Crippen LogP contribution in [-0.2, 0) is 28.5 Å². The predicted octanol–water partition coefficient (Wildman–Crippen LogP) is 5.37. The van der Waals surface area contributed by atoms with Crippen LogP contribution in [0.25, 0.3) is 0 Å². The van der Waals surface area contributed by atoms with E-state index in [1.54, 1.807) is 0 Å². The van der Waals surface area contributed by atoms with E-state index in [9.17, 15) is 9.59 Å². The Bertz CT molecular complexity index is 912. The summed E-state index contributed by atoms with van der Waals surface area (Å²) in [4.78, 5) is 35.5. The summed E-state index contributed by atoms with van der Waals surface area (Å²) in [6.07, 6.45) is 7.79. The Morgan fingerprint density at radius 2 is 1.15 bits per heavy atom. The van der Waals surface area contributed by atoms with Gasteiger partial charge in [-0.3, -0.25) is 0 Å². The minimum atomic E-state index is -0.661. The molecule has 3 aliphatic carbocycles. The molecule has 0 unspecified atom stereocenters. The Morgan fingerprint density at radius 3 is 1.51 bits per heavy atom. The summed E-state index contributed by atoms with van der Waals surface area (Å²) >= 11 is 0. The molecular weight excluding hydrogens is 496 g/mol. The standard InChI is InChI=1S/C31H48N2O6/c1-17(2)21-9-7-19(5)13-25(21)38-27(34)23-15-36-29(32-23)31(11-12-31)30-33-24(16-37-30)28(35)39-26-14-20(6)8-10-22(26)18(3)4/h17-26H,7-16H2,1-6H3/t19-,20-,21+,22+,23-,24-,25-,26-/m0/s1. The summed E-state index contributed by atoms with van der Waals surface area (Å²) in [5.41, 5.74) is -0.566. The van der Waals surface area contributed by atoms with E-state index in [2.05, 4.69) is 51.5 Å². The van der Waals surface area contributed by atoms with Gasteiger partial charge in [0.1, 0.15) is 30.8 Å². The zero-order valence-corrected chi connectivity index (χ0v) is 24.7. The molecule has 2 aliphatic heterocycles. The Hall–Kier alpha value is -2.12. The van der Waals surface area contributed by atoms with Crippen molar-refractivity contribution in [3.63, 3.8) is 0 Å². The van der Waals surface area contributed by atoms with Crippen LogP contribution >= 0.6 is 0 Å². The summed E-state index contributed by atoms with van der Waals surface area (Å²) in [6, 6.07) is -1.32. The predicted molar refractivity (Wildman–Crippen MR) is 148 cm³/mol. The molecule has 8 atom stereocenters. The van der Waals surface area contributed by atoms with Gasteiger partial charge in [-0.15, -0.1) is 0 Å². The second kappa shape index (κ2) is 11.4. The van der Waals surface area contributed by atoms with Crippen LogP contribution in [0.1, 0.15) is 92.9 Å². The quantitative estimate of drug-likeness (QED) is 0.381. The van der Waals surface area contributed by atoms with E-state index in [1.165, 1.54) is 12.8 Å². The fourth-order valence-electron chi connectivity index (χ4n) is 7.11. The van der Waals surface area contributed by atoms with Crippen molar-refractivity contribution in [1.29, 1.82) is 0 Å². The average molecular weight is 545 g/mol. The minimum Gasteiger partial charge on any atom is -0.477 e. The first-order chi connectivity index (χ1) is 18.6. The van der Waals surface area contributed by atoms with Crippen LogP contribution in [0.4, 0.5) is 0 Å². The maximum Gasteiger partial charge on any atom is 0.334 e. The molecule has 8 heteroatoms. The molecule has 5 aliphatic rings. The maximum absolute atomic E-state index is 13.1. The summed E-state index contributed by atoms with van der Waals surface area (Å²) in [5, 5.41) is 0. The maximum atomic E-state index is 13.1. The van der Waals surface area contributed by atoms with Crippen LogP contribution < -0.4 is 0 Å². The van der Waals surface area contributed by atoms with E-state index in [-0.39, 0.29) is 37.4 Å². The largest absolute Gasteiger partial charge is 0.477 e. The summed E-state index contributed by atoms with van der Waals surface area (Å²) in [6.45, 7) is 13.6. The molecule has 3 fully saturated rings. The Balaban J connectivity index is 1.21. The lowest BCUT2D eigenvalue weighted by Crippen LogP contribution is -2.38. The molecule has 0 spiro atoms. The zero-order chi connectivity index (χ0) is 27.9. The molecular formula is C31H48N2O6. The third kappa shape index (κ3) is 6.00. The fourth-order valence-corrected chi connectivity index (χ4v) is 7.11. The minimum absolute atomic E-state index is 0.0628. The van der Waals surface area contributed by atoms with Crippen molar-refractivity contribution in [2.24, 2.45) is 50.9 Å². The molecule has 5 rings (SSSR count). The zero-order valence-electron chi connectivity index (χ0n) is 24.7. The number of carbonyl (C=O) groups excluding carboxylic acids is 2. The molecule has 3 saturated carbocycles. The van der Waals surface area contributed by atoms with Gasteiger partial charge in [0.15, 0.2) is 23.9 Å². The third-order valence-electron chi connectivity index (χ3n) is 9.87. The van der Waals surface area contributed by atoms with Crippen LogP contribution in [0.3, 0.4) is 0 Å². The summed E-state index contributed by atoms with van der Waals surface area (Å²) < 4.78 is 24.0. The summed E-state index contributed by atoms with van der Waals surface area (Å²) in [7, 11) is 0. The lowest BCUT2D eigenvalue weighted by molar-refractivity contribution is -0.158. The van der Waals surface area contributed by atoms with Gasteiger partial charge in [0.25, 0.3) is 0 Å². The van der Waals surface area contributed by atoms with Crippen LogP contribution in [0.2, 0.25) is 0 Å². The van der Waals surface area contributed by atoms with Gasteiger partial charge in [0.05, 0.1) is 0 Å². The van der Waals surface area contributed by atoms with E-state index in [0.29, 0.717) is 47.3 Å². The van der Waals surface area contributed by atoms with Crippen LogP contribution in [0, 0.1) is 40.9 Å². The number of hydrogen-bond donors (Lipinski definition) is 0. The Kier molecular flexibility index (Phi) is 8.30. The molecule has 0 N–H and O–H groups in total. The lowest BCUT2D eigenvalue weighted by atomic mass is 9.75. The molecule has 0 aromatic carbocycles. The number of ether oxygens (including phenoxy) is 4. The molecule has 8 nitrogen and oxygen atoms in total. The second-order valence-electron chi connectivity index (χ2n) is 13.7. The van der Waals surface area contributed by atoms with Crippen molar-refractivity contribution in [1.82, 2.24) is 0 Å². The van der Waals surface area contributed by atoms with Crippen LogP contribution in [-0.4, -0.2) is 61.2 Å². The molecule has 0 radical (unpaired) electrons. The number of rotatable bonds is 8. The monoisotopic (exact) mass is 544 g/mol. The first-order valence-electron chi connectivity index (χ1n) is 15.4. The van der Waals surface area contributed by atoms with Crippen molar-refractivity contribution in [2.75, 3.05) is 13.2 Å². The second-order valence-corrected chi connectivity index (χ2v) is 13.7. The van der Waals surface area contributed by atoms with Gasteiger partial charge < -0.3 is 18.9 Å². The Labute approximate surface area is 233 Å². The van der Waals surface area contributed by atoms with Crippen molar-refractivity contribution < 1.29 is 28.5 Å². The van der Waals surface area contributed by atoms with Gasteiger partial charge in [0, 0.05) is 0 Å². The molecule has 39 heavy (non-hydrogen) atoms. The van der Waals surface area contributed by atoms with E-state index in [0.717, 1.165) is 38.5 Å². The Morgan fingerprint density at radius 1 is 0.744 bits per heavy atom. The first-order valence-corrected chi connectivity index (χ1v) is 15.4. The van der Waals surface area contributed by atoms with Crippen molar-refractivity contribution in [3.05, 3.63) is 0 Å². The molecule has 0 saturated heterocycles. The smallest absolute Gasteiger partial charge is 0.334 e. The normalized spacial score (nSPS) is 37.5. The molecule has 0 aromatic rings. The van der Waals surface area contributed by atoms with E-state index in [1.807, 2.05) is 0 Å². The van der Waals surface area contributed by atoms with Crippen LogP contribution in [0.15, 0.2) is 9.98 Å². The van der Waals surface area contributed by atoms with Gasteiger partial charge in [-0.25, -0.2) is 19.6 Å². The molecule has 0 bridgehead atoms. The van der Waals surface area contributed by atoms with Gasteiger partial charge in [-0.1, -0.05) is 54.4 Å². The SMILES string of the molecule is CC(C)[C@H]1CC[C@H](C)C[C@@H]1OC(=O)[C@@H]1COC(C2(C3=N[C@H](C(=O)O[C@H]4C[C@@H](C)CC[C@@H]4C(C)C)CO3)CC2)=N1. The number of carbonyl (C=O) groups is 2. The van der Waals surface area contributed by atoms with E-state index >= 15 is 0 Å².